The first-order valence-electron chi connectivity index (χ1n) is 8.29. The second kappa shape index (κ2) is 5.87. The molecule has 1 saturated heterocycles. The second-order valence-corrected chi connectivity index (χ2v) is 6.32. The number of aromatic nitrogens is 5. The predicted octanol–water partition coefficient (Wildman–Crippen LogP) is 1.99. The van der Waals surface area contributed by atoms with Crippen LogP contribution in [0.5, 0.6) is 5.88 Å². The van der Waals surface area contributed by atoms with Crippen molar-refractivity contribution in [2.24, 2.45) is 7.05 Å². The van der Waals surface area contributed by atoms with Gasteiger partial charge >= 0.3 is 0 Å². The maximum Gasteiger partial charge on any atom is 0.254 e. The van der Waals surface area contributed by atoms with E-state index in [4.69, 9.17) is 4.74 Å². The number of nitrogens with zero attached hydrogens (tertiary/aromatic N) is 5. The molecule has 1 aliphatic heterocycles. The minimum absolute atomic E-state index is 0.00212. The molecule has 1 atom stereocenters. The molecular formula is C17H20N6O2. The number of aryl methyl sites for hydroxylation is 2. The Morgan fingerprint density at radius 1 is 1.32 bits per heavy atom. The van der Waals surface area contributed by atoms with Gasteiger partial charge in [-0.3, -0.25) is 4.79 Å². The number of benzene rings is 1. The Morgan fingerprint density at radius 3 is 2.92 bits per heavy atom. The van der Waals surface area contributed by atoms with E-state index in [1.54, 1.807) is 23.9 Å². The Balaban J connectivity index is 1.70. The number of aromatic amines is 1. The quantitative estimate of drug-likeness (QED) is 0.787. The lowest BCUT2D eigenvalue weighted by atomic mass is 10.0. The Bertz CT molecular complexity index is 944. The first-order chi connectivity index (χ1) is 12.1. The summed E-state index contributed by atoms with van der Waals surface area (Å²) in [4.78, 5) is 15.0. The summed E-state index contributed by atoms with van der Waals surface area (Å²) in [6, 6.07) is 5.37. The number of methoxy groups -OCH3 is 1. The van der Waals surface area contributed by atoms with Gasteiger partial charge in [0.15, 0.2) is 0 Å². The fourth-order valence-corrected chi connectivity index (χ4v) is 3.73. The molecule has 0 aliphatic carbocycles. The van der Waals surface area contributed by atoms with Crippen LogP contribution in [0.3, 0.4) is 0 Å². The highest BCUT2D eigenvalue weighted by Gasteiger charge is 2.35. The van der Waals surface area contributed by atoms with Gasteiger partial charge in [-0.05, 0) is 38.0 Å². The molecule has 0 saturated carbocycles. The molecule has 25 heavy (non-hydrogen) atoms. The molecule has 8 nitrogen and oxygen atoms in total. The maximum atomic E-state index is 13.1. The second-order valence-electron chi connectivity index (χ2n) is 6.32. The van der Waals surface area contributed by atoms with Crippen molar-refractivity contribution in [3.63, 3.8) is 0 Å². The molecule has 1 N–H and O–H groups in total. The molecule has 4 rings (SSSR count). The first-order valence-corrected chi connectivity index (χ1v) is 8.29. The zero-order chi connectivity index (χ0) is 17.6. The highest BCUT2D eigenvalue weighted by molar-refractivity contribution is 5.97. The maximum absolute atomic E-state index is 13.1. The van der Waals surface area contributed by atoms with Gasteiger partial charge in [0.05, 0.1) is 24.4 Å². The number of carbonyl (C=O) groups excluding carboxylic acids is 1. The van der Waals surface area contributed by atoms with E-state index in [1.165, 1.54) is 0 Å². The Morgan fingerprint density at radius 2 is 2.12 bits per heavy atom. The van der Waals surface area contributed by atoms with E-state index in [-0.39, 0.29) is 11.9 Å². The van der Waals surface area contributed by atoms with Gasteiger partial charge in [-0.1, -0.05) is 0 Å². The summed E-state index contributed by atoms with van der Waals surface area (Å²) in [5.74, 6) is 0.715. The number of hydrogen-bond acceptors (Lipinski definition) is 5. The predicted molar refractivity (Wildman–Crippen MR) is 91.4 cm³/mol. The highest BCUT2D eigenvalue weighted by atomic mass is 16.5. The highest BCUT2D eigenvalue weighted by Crippen LogP contribution is 2.39. The molecule has 3 heterocycles. The summed E-state index contributed by atoms with van der Waals surface area (Å²) in [6.45, 7) is 2.68. The SMILES string of the molecule is COc1c([C@H]2CCCN2C(=O)c2ccc3n[nH]nc3c2)c(C)nn1C. The van der Waals surface area contributed by atoms with Crippen molar-refractivity contribution in [3.05, 3.63) is 35.0 Å². The molecule has 0 radical (unpaired) electrons. The molecule has 0 unspecified atom stereocenters. The van der Waals surface area contributed by atoms with E-state index in [9.17, 15) is 4.79 Å². The molecule has 1 aliphatic rings. The zero-order valence-corrected chi connectivity index (χ0v) is 14.5. The number of H-pyrrole nitrogens is 1. The minimum Gasteiger partial charge on any atom is -0.481 e. The molecule has 1 fully saturated rings. The van der Waals surface area contributed by atoms with E-state index in [2.05, 4.69) is 20.5 Å². The van der Waals surface area contributed by atoms with Crippen LogP contribution in [0, 0.1) is 6.92 Å². The van der Waals surface area contributed by atoms with E-state index in [0.29, 0.717) is 17.0 Å². The van der Waals surface area contributed by atoms with Gasteiger partial charge < -0.3 is 9.64 Å². The van der Waals surface area contributed by atoms with Gasteiger partial charge in [0, 0.05) is 19.2 Å². The number of amides is 1. The number of ether oxygens (including phenoxy) is 1. The van der Waals surface area contributed by atoms with Crippen LogP contribution in [0.1, 0.15) is 40.5 Å². The first kappa shape index (κ1) is 15.6. The molecule has 0 bridgehead atoms. The molecule has 130 valence electrons. The van der Waals surface area contributed by atoms with Gasteiger partial charge in [0.25, 0.3) is 5.91 Å². The van der Waals surface area contributed by atoms with E-state index < -0.39 is 0 Å². The zero-order valence-electron chi connectivity index (χ0n) is 14.5. The van der Waals surface area contributed by atoms with Crippen LogP contribution in [0.15, 0.2) is 18.2 Å². The average molecular weight is 340 g/mol. The van der Waals surface area contributed by atoms with E-state index in [1.807, 2.05) is 24.9 Å². The van der Waals surface area contributed by atoms with Crippen molar-refractivity contribution in [1.82, 2.24) is 30.1 Å². The van der Waals surface area contributed by atoms with Crippen molar-refractivity contribution in [3.8, 4) is 5.88 Å². The third kappa shape index (κ3) is 2.45. The lowest BCUT2D eigenvalue weighted by molar-refractivity contribution is 0.0734. The number of rotatable bonds is 3. The van der Waals surface area contributed by atoms with Gasteiger partial charge in [0.1, 0.15) is 11.0 Å². The van der Waals surface area contributed by atoms with Crippen molar-refractivity contribution in [1.29, 1.82) is 0 Å². The summed E-state index contributed by atoms with van der Waals surface area (Å²) >= 11 is 0. The third-order valence-corrected chi connectivity index (χ3v) is 4.82. The molecule has 1 amide bonds. The van der Waals surface area contributed by atoms with Crippen LogP contribution in [0.4, 0.5) is 0 Å². The number of fused-ring (bicyclic) bond motifs is 1. The fourth-order valence-electron chi connectivity index (χ4n) is 3.73. The standard InChI is InChI=1S/C17H20N6O2/c1-10-15(17(25-3)22(2)20-10)14-5-4-8-23(14)16(24)11-6-7-12-13(9-11)19-21-18-12/h6-7,9,14H,4-5,8H2,1-3H3,(H,18,19,21)/t14-/m1/s1. The minimum atomic E-state index is -0.0239. The average Bonchev–Trinajstić information content (AvgIpc) is 3.31. The van der Waals surface area contributed by atoms with Crippen molar-refractivity contribution in [2.75, 3.05) is 13.7 Å². The van der Waals surface area contributed by atoms with E-state index in [0.717, 1.165) is 36.2 Å². The number of carbonyl (C=O) groups is 1. The normalized spacial score (nSPS) is 17.4. The summed E-state index contributed by atoms with van der Waals surface area (Å²) in [5, 5.41) is 15.1. The van der Waals surface area contributed by atoms with Gasteiger partial charge in [-0.2, -0.15) is 20.5 Å². The molecule has 8 heteroatoms. The summed E-state index contributed by atoms with van der Waals surface area (Å²) in [5.41, 5.74) is 3.96. The third-order valence-electron chi connectivity index (χ3n) is 4.82. The van der Waals surface area contributed by atoms with Gasteiger partial charge in [0.2, 0.25) is 5.88 Å². The molecular weight excluding hydrogens is 320 g/mol. The number of hydrogen-bond donors (Lipinski definition) is 1. The molecule has 3 aromatic rings. The summed E-state index contributed by atoms with van der Waals surface area (Å²) in [7, 11) is 3.49. The van der Waals surface area contributed by atoms with Crippen LogP contribution in [0.2, 0.25) is 0 Å². The fraction of sp³-hybridized carbons (Fsp3) is 0.412. The molecule has 0 spiro atoms. The Hall–Kier alpha value is -2.90. The van der Waals surface area contributed by atoms with Crippen molar-refractivity contribution in [2.45, 2.75) is 25.8 Å². The van der Waals surface area contributed by atoms with Gasteiger partial charge in [-0.25, -0.2) is 4.68 Å². The monoisotopic (exact) mass is 340 g/mol. The van der Waals surface area contributed by atoms with Crippen LogP contribution in [0.25, 0.3) is 11.0 Å². The van der Waals surface area contributed by atoms with Crippen LogP contribution >= 0.6 is 0 Å². The molecule has 1 aromatic carbocycles. The van der Waals surface area contributed by atoms with Gasteiger partial charge in [-0.15, -0.1) is 0 Å². The van der Waals surface area contributed by atoms with E-state index >= 15 is 0 Å². The van der Waals surface area contributed by atoms with Crippen LogP contribution < -0.4 is 4.74 Å². The largest absolute Gasteiger partial charge is 0.481 e. The molecule has 2 aromatic heterocycles. The Kier molecular flexibility index (Phi) is 3.67. The van der Waals surface area contributed by atoms with Crippen molar-refractivity contribution < 1.29 is 9.53 Å². The lowest BCUT2D eigenvalue weighted by Gasteiger charge is -2.25. The van der Waals surface area contributed by atoms with Crippen LogP contribution in [-0.2, 0) is 7.05 Å². The van der Waals surface area contributed by atoms with Crippen LogP contribution in [-0.4, -0.2) is 49.7 Å². The Labute approximate surface area is 144 Å². The lowest BCUT2D eigenvalue weighted by Crippen LogP contribution is -2.31. The summed E-state index contributed by atoms with van der Waals surface area (Å²) in [6.07, 6.45) is 1.86. The smallest absolute Gasteiger partial charge is 0.254 e. The van der Waals surface area contributed by atoms with Crippen molar-refractivity contribution >= 4 is 16.9 Å². The topological polar surface area (TPSA) is 88.9 Å². The number of likely N-dealkylation sites (tertiary alicyclic amines) is 1. The number of nitrogens with one attached hydrogen (secondary N) is 1. The summed E-state index contributed by atoms with van der Waals surface area (Å²) < 4.78 is 7.26.